The van der Waals surface area contributed by atoms with Crippen LogP contribution in [0.15, 0.2) is 54.6 Å². The number of fused-ring (bicyclic) bond motifs is 1. The zero-order valence-electron chi connectivity index (χ0n) is 16.3. The maximum atomic E-state index is 13.2. The van der Waals surface area contributed by atoms with E-state index >= 15 is 0 Å². The minimum absolute atomic E-state index is 0.0431. The number of thiazole rings is 1. The van der Waals surface area contributed by atoms with Gasteiger partial charge in [0.15, 0.2) is 0 Å². The third-order valence-corrected chi connectivity index (χ3v) is 6.48. The Kier molecular flexibility index (Phi) is 5.45. The van der Waals surface area contributed by atoms with Gasteiger partial charge in [0.05, 0.1) is 33.8 Å². The monoisotopic (exact) mass is 406 g/mol. The van der Waals surface area contributed by atoms with Crippen LogP contribution in [0.25, 0.3) is 10.2 Å². The van der Waals surface area contributed by atoms with E-state index in [-0.39, 0.29) is 17.7 Å². The molecule has 1 aliphatic rings. The molecule has 0 spiro atoms. The van der Waals surface area contributed by atoms with Gasteiger partial charge in [-0.2, -0.15) is 0 Å². The normalized spacial score (nSPS) is 18.6. The second-order valence-corrected chi connectivity index (χ2v) is 8.25. The van der Waals surface area contributed by atoms with Crippen LogP contribution in [0.1, 0.15) is 39.7 Å². The first-order chi connectivity index (χ1) is 14.1. The van der Waals surface area contributed by atoms with Crippen molar-refractivity contribution in [3.05, 3.63) is 70.8 Å². The number of nitrogens with zero attached hydrogens (tertiary/aromatic N) is 1. The zero-order chi connectivity index (χ0) is 20.4. The molecule has 0 saturated heterocycles. The number of hydrogen-bond acceptors (Lipinski definition) is 5. The van der Waals surface area contributed by atoms with Gasteiger partial charge >= 0.3 is 5.97 Å². The minimum Gasteiger partial charge on any atom is -0.465 e. The van der Waals surface area contributed by atoms with Gasteiger partial charge in [-0.05, 0) is 49.6 Å². The fraction of sp³-hybridized carbons (Fsp3) is 0.261. The van der Waals surface area contributed by atoms with Gasteiger partial charge in [0.2, 0.25) is 5.91 Å². The topological polar surface area (TPSA) is 68.3 Å². The summed E-state index contributed by atoms with van der Waals surface area (Å²) in [6.45, 7) is 1.91. The number of ether oxygens (including phenoxy) is 1. The number of hydrogen-bond donors (Lipinski definition) is 1. The second kappa shape index (κ2) is 8.17. The van der Waals surface area contributed by atoms with Crippen molar-refractivity contribution < 1.29 is 14.3 Å². The van der Waals surface area contributed by atoms with Crippen LogP contribution in [0.3, 0.4) is 0 Å². The minimum atomic E-state index is -0.423. The molecule has 4 rings (SSSR count). The fourth-order valence-electron chi connectivity index (χ4n) is 3.65. The molecule has 0 radical (unpaired) electrons. The highest BCUT2D eigenvalue weighted by atomic mass is 32.1. The number of carbonyl (C=O) groups is 2. The van der Waals surface area contributed by atoms with Crippen molar-refractivity contribution in [3.8, 4) is 0 Å². The number of aryl methyl sites for hydroxylation is 1. The number of benzene rings is 2. The summed E-state index contributed by atoms with van der Waals surface area (Å²) in [4.78, 5) is 29.8. The molecular weight excluding hydrogens is 384 g/mol. The van der Waals surface area contributed by atoms with Crippen LogP contribution in [-0.4, -0.2) is 24.0 Å². The molecule has 2 aromatic carbocycles. The lowest BCUT2D eigenvalue weighted by molar-refractivity contribution is -0.120. The number of rotatable bonds is 4. The molecule has 0 bridgehead atoms. The van der Waals surface area contributed by atoms with Crippen LogP contribution in [0.4, 0.5) is 5.69 Å². The van der Waals surface area contributed by atoms with Crippen LogP contribution < -0.4 is 5.32 Å². The Morgan fingerprint density at radius 2 is 1.93 bits per heavy atom. The number of carbonyl (C=O) groups excluding carboxylic acids is 2. The summed E-state index contributed by atoms with van der Waals surface area (Å²) < 4.78 is 5.93. The summed E-state index contributed by atoms with van der Waals surface area (Å²) in [6, 6.07) is 13.2. The third kappa shape index (κ3) is 3.93. The molecule has 5 nitrogen and oxygen atoms in total. The standard InChI is InChI=1S/C23H22N2O3S/c1-14-11-12-15(23(27)28-2)13-19(14)24-21(26)16-7-3-4-8-17(16)22-25-18-9-5-6-10-20(18)29-22/h3-6,9-13,16-17H,7-8H2,1-2H3,(H,24,26). The highest BCUT2D eigenvalue weighted by Crippen LogP contribution is 2.39. The average Bonchev–Trinajstić information content (AvgIpc) is 3.19. The predicted molar refractivity (Wildman–Crippen MR) is 115 cm³/mol. The maximum absolute atomic E-state index is 13.2. The molecule has 29 heavy (non-hydrogen) atoms. The van der Waals surface area contributed by atoms with E-state index in [2.05, 4.69) is 23.5 Å². The lowest BCUT2D eigenvalue weighted by Gasteiger charge is -2.26. The van der Waals surface area contributed by atoms with E-state index in [4.69, 9.17) is 9.72 Å². The first-order valence-electron chi connectivity index (χ1n) is 9.57. The summed E-state index contributed by atoms with van der Waals surface area (Å²) in [5, 5.41) is 4.03. The van der Waals surface area contributed by atoms with Gasteiger partial charge in [0.1, 0.15) is 0 Å². The van der Waals surface area contributed by atoms with Gasteiger partial charge in [-0.15, -0.1) is 11.3 Å². The molecule has 148 valence electrons. The van der Waals surface area contributed by atoms with Crippen LogP contribution in [0.5, 0.6) is 0 Å². The summed E-state index contributed by atoms with van der Waals surface area (Å²) >= 11 is 1.66. The van der Waals surface area contributed by atoms with Crippen molar-refractivity contribution in [2.75, 3.05) is 12.4 Å². The lowest BCUT2D eigenvalue weighted by Crippen LogP contribution is -2.29. The van der Waals surface area contributed by atoms with Gasteiger partial charge in [0, 0.05) is 11.6 Å². The molecule has 3 aromatic rings. The van der Waals surface area contributed by atoms with E-state index in [0.717, 1.165) is 27.2 Å². The van der Waals surface area contributed by atoms with Crippen molar-refractivity contribution in [1.29, 1.82) is 0 Å². The van der Waals surface area contributed by atoms with Crippen LogP contribution >= 0.6 is 11.3 Å². The Labute approximate surface area is 173 Å². The van der Waals surface area contributed by atoms with Crippen molar-refractivity contribution >= 4 is 39.1 Å². The largest absolute Gasteiger partial charge is 0.465 e. The van der Waals surface area contributed by atoms with Crippen molar-refractivity contribution in [2.24, 2.45) is 5.92 Å². The number of methoxy groups -OCH3 is 1. The first-order valence-corrected chi connectivity index (χ1v) is 10.4. The van der Waals surface area contributed by atoms with Gasteiger partial charge in [-0.25, -0.2) is 9.78 Å². The molecule has 1 aromatic heterocycles. The molecule has 0 saturated carbocycles. The summed E-state index contributed by atoms with van der Waals surface area (Å²) in [7, 11) is 1.34. The van der Waals surface area contributed by atoms with Crippen molar-refractivity contribution in [2.45, 2.75) is 25.7 Å². The Hall–Kier alpha value is -2.99. The Morgan fingerprint density at radius 3 is 2.72 bits per heavy atom. The number of nitrogens with one attached hydrogen (secondary N) is 1. The van der Waals surface area contributed by atoms with E-state index in [1.807, 2.05) is 31.2 Å². The summed E-state index contributed by atoms with van der Waals surface area (Å²) in [5.74, 6) is -0.639. The van der Waals surface area contributed by atoms with Crippen molar-refractivity contribution in [3.63, 3.8) is 0 Å². The zero-order valence-corrected chi connectivity index (χ0v) is 17.2. The fourth-order valence-corrected chi connectivity index (χ4v) is 4.80. The quantitative estimate of drug-likeness (QED) is 0.485. The molecule has 2 unspecified atom stereocenters. The van der Waals surface area contributed by atoms with E-state index in [1.165, 1.54) is 7.11 Å². The van der Waals surface area contributed by atoms with E-state index in [0.29, 0.717) is 17.7 Å². The third-order valence-electron chi connectivity index (χ3n) is 5.31. The molecule has 2 atom stereocenters. The molecule has 0 aliphatic heterocycles. The number of para-hydroxylation sites is 1. The van der Waals surface area contributed by atoms with Crippen LogP contribution in [-0.2, 0) is 9.53 Å². The summed E-state index contributed by atoms with van der Waals surface area (Å²) in [5.41, 5.74) is 2.92. The van der Waals surface area contributed by atoms with E-state index in [9.17, 15) is 9.59 Å². The van der Waals surface area contributed by atoms with Crippen LogP contribution in [0.2, 0.25) is 0 Å². The molecule has 1 aliphatic carbocycles. The summed E-state index contributed by atoms with van der Waals surface area (Å²) in [6.07, 6.45) is 5.65. The average molecular weight is 407 g/mol. The highest BCUT2D eigenvalue weighted by Gasteiger charge is 2.32. The van der Waals surface area contributed by atoms with Gasteiger partial charge in [-0.3, -0.25) is 4.79 Å². The van der Waals surface area contributed by atoms with Gasteiger partial charge < -0.3 is 10.1 Å². The first kappa shape index (κ1) is 19.3. The maximum Gasteiger partial charge on any atom is 0.337 e. The Balaban J connectivity index is 1.60. The Bertz CT molecular complexity index is 1070. The molecule has 6 heteroatoms. The molecular formula is C23H22N2O3S. The van der Waals surface area contributed by atoms with E-state index < -0.39 is 5.97 Å². The second-order valence-electron chi connectivity index (χ2n) is 7.19. The number of aromatic nitrogens is 1. The number of esters is 1. The molecule has 1 amide bonds. The SMILES string of the molecule is COC(=O)c1ccc(C)c(NC(=O)C2CC=CCC2c2nc3ccccc3s2)c1. The smallest absolute Gasteiger partial charge is 0.337 e. The van der Waals surface area contributed by atoms with Gasteiger partial charge in [-0.1, -0.05) is 30.4 Å². The Morgan fingerprint density at radius 1 is 1.14 bits per heavy atom. The van der Waals surface area contributed by atoms with Crippen LogP contribution in [0, 0.1) is 12.8 Å². The molecule has 1 heterocycles. The van der Waals surface area contributed by atoms with E-state index in [1.54, 1.807) is 23.5 Å². The highest BCUT2D eigenvalue weighted by molar-refractivity contribution is 7.18. The van der Waals surface area contributed by atoms with Gasteiger partial charge in [0.25, 0.3) is 0 Å². The molecule has 0 fully saturated rings. The molecule has 1 N–H and O–H groups in total. The predicted octanol–water partition coefficient (Wildman–Crippen LogP) is 5.08. The number of amides is 1. The number of anilines is 1. The van der Waals surface area contributed by atoms with Crippen molar-refractivity contribution in [1.82, 2.24) is 4.98 Å². The lowest BCUT2D eigenvalue weighted by atomic mass is 9.82. The number of allylic oxidation sites excluding steroid dienone is 2.